The first-order valence-electron chi connectivity index (χ1n) is 6.12. The topological polar surface area (TPSA) is 9.23 Å². The van der Waals surface area contributed by atoms with Gasteiger partial charge in [-0.1, -0.05) is 54.1 Å². The summed E-state index contributed by atoms with van der Waals surface area (Å²) in [6.45, 7) is 0. The van der Waals surface area contributed by atoms with Crippen molar-refractivity contribution in [1.82, 2.24) is 0 Å². The van der Waals surface area contributed by atoms with Crippen molar-refractivity contribution in [2.75, 3.05) is 7.11 Å². The summed E-state index contributed by atoms with van der Waals surface area (Å²) in [7, 11) is 1.76. The molecule has 0 amide bonds. The van der Waals surface area contributed by atoms with E-state index in [4.69, 9.17) is 16.3 Å². The summed E-state index contributed by atoms with van der Waals surface area (Å²) >= 11 is 5.87. The van der Waals surface area contributed by atoms with Crippen LogP contribution in [0.2, 0.25) is 5.02 Å². The molecule has 0 aliphatic rings. The minimum Gasteiger partial charge on any atom is -0.377 e. The number of hydrogen-bond donors (Lipinski definition) is 0. The predicted molar refractivity (Wildman–Crippen MR) is 83.2 cm³/mol. The number of hydrogen-bond acceptors (Lipinski definition) is 1. The average molecular weight is 297 g/mol. The van der Waals surface area contributed by atoms with Gasteiger partial charge in [-0.25, -0.2) is 0 Å². The van der Waals surface area contributed by atoms with E-state index in [1.165, 1.54) is 11.1 Å². The summed E-state index contributed by atoms with van der Waals surface area (Å²) in [5, 5.41) is 0.783. The lowest BCUT2D eigenvalue weighted by Gasteiger charge is -2.15. The van der Waals surface area contributed by atoms with Gasteiger partial charge in [0.25, 0.3) is 0 Å². The molecule has 0 saturated heterocycles. The van der Waals surface area contributed by atoms with Crippen molar-refractivity contribution in [3.05, 3.63) is 70.7 Å². The molecule has 1 nitrogen and oxygen atoms in total. The second-order valence-corrected chi connectivity index (χ2v) is 4.74. The maximum atomic E-state index is 5.87. The van der Waals surface area contributed by atoms with Crippen molar-refractivity contribution in [2.24, 2.45) is 0 Å². The molecule has 3 heteroatoms. The third-order valence-electron chi connectivity index (χ3n) is 3.06. The molecule has 102 valence electrons. The van der Waals surface area contributed by atoms with Crippen molar-refractivity contribution >= 4 is 24.0 Å². The smallest absolute Gasteiger partial charge is 0.0824 e. The van der Waals surface area contributed by atoms with Crippen LogP contribution in [0.15, 0.2) is 54.6 Å². The fraction of sp³-hybridized carbons (Fsp3) is 0.250. The van der Waals surface area contributed by atoms with Crippen LogP contribution in [0.3, 0.4) is 0 Å². The second-order valence-electron chi connectivity index (χ2n) is 4.30. The van der Waals surface area contributed by atoms with Crippen LogP contribution >= 0.6 is 24.0 Å². The van der Waals surface area contributed by atoms with Crippen molar-refractivity contribution in [2.45, 2.75) is 18.9 Å². The van der Waals surface area contributed by atoms with Gasteiger partial charge in [0.05, 0.1) is 6.10 Å². The van der Waals surface area contributed by atoms with Crippen LogP contribution in [0.5, 0.6) is 0 Å². The van der Waals surface area contributed by atoms with Gasteiger partial charge in [0, 0.05) is 12.1 Å². The van der Waals surface area contributed by atoms with Crippen molar-refractivity contribution in [1.29, 1.82) is 0 Å². The molecule has 19 heavy (non-hydrogen) atoms. The van der Waals surface area contributed by atoms with Crippen LogP contribution in [0.1, 0.15) is 23.7 Å². The first kappa shape index (κ1) is 16.0. The van der Waals surface area contributed by atoms with E-state index in [9.17, 15) is 0 Å². The summed E-state index contributed by atoms with van der Waals surface area (Å²) < 4.78 is 5.56. The molecule has 0 radical (unpaired) electrons. The molecule has 1 atom stereocenters. The highest BCUT2D eigenvalue weighted by Crippen LogP contribution is 2.22. The zero-order chi connectivity index (χ0) is 12.8. The van der Waals surface area contributed by atoms with Crippen LogP contribution in [-0.4, -0.2) is 7.11 Å². The van der Waals surface area contributed by atoms with Gasteiger partial charge in [-0.05, 0) is 36.1 Å². The van der Waals surface area contributed by atoms with Crippen molar-refractivity contribution < 1.29 is 4.74 Å². The van der Waals surface area contributed by atoms with E-state index in [0.29, 0.717) is 0 Å². The molecule has 0 fully saturated rings. The number of halogens is 2. The van der Waals surface area contributed by atoms with Crippen LogP contribution in [0.25, 0.3) is 0 Å². The van der Waals surface area contributed by atoms with E-state index in [0.717, 1.165) is 17.9 Å². The Bertz CT molecular complexity index is 468. The van der Waals surface area contributed by atoms with Crippen molar-refractivity contribution in [3.63, 3.8) is 0 Å². The molecule has 0 spiro atoms. The lowest BCUT2D eigenvalue weighted by atomic mass is 10.0. The Labute approximate surface area is 126 Å². The van der Waals surface area contributed by atoms with Gasteiger partial charge in [-0.15, -0.1) is 12.4 Å². The van der Waals surface area contributed by atoms with Gasteiger partial charge in [0.2, 0.25) is 0 Å². The predicted octanol–water partition coefficient (Wildman–Crippen LogP) is 5.08. The van der Waals surface area contributed by atoms with Gasteiger partial charge in [0.1, 0.15) is 0 Å². The van der Waals surface area contributed by atoms with E-state index in [2.05, 4.69) is 24.3 Å². The molecule has 0 aliphatic heterocycles. The minimum atomic E-state index is 0. The molecule has 0 N–H and O–H groups in total. The largest absolute Gasteiger partial charge is 0.377 e. The summed E-state index contributed by atoms with van der Waals surface area (Å²) in [5.41, 5.74) is 2.52. The Morgan fingerprint density at radius 2 is 1.63 bits per heavy atom. The van der Waals surface area contributed by atoms with Crippen LogP contribution in [0.4, 0.5) is 0 Å². The Morgan fingerprint density at radius 1 is 1.00 bits per heavy atom. The normalized spacial score (nSPS) is 11.7. The summed E-state index contributed by atoms with van der Waals surface area (Å²) in [6, 6.07) is 18.3. The molecule has 2 aromatic carbocycles. The summed E-state index contributed by atoms with van der Waals surface area (Å²) in [5.74, 6) is 0. The van der Waals surface area contributed by atoms with Gasteiger partial charge in [-0.3, -0.25) is 0 Å². The Kier molecular flexibility index (Phi) is 6.93. The fourth-order valence-corrected chi connectivity index (χ4v) is 2.16. The number of rotatable bonds is 5. The highest BCUT2D eigenvalue weighted by Gasteiger charge is 2.09. The monoisotopic (exact) mass is 296 g/mol. The van der Waals surface area contributed by atoms with Gasteiger partial charge in [0.15, 0.2) is 0 Å². The SMILES string of the molecule is COC(CCc1ccc(Cl)cc1)c1ccccc1.Cl. The molecule has 0 aliphatic carbocycles. The Morgan fingerprint density at radius 3 is 2.21 bits per heavy atom. The molecule has 0 bridgehead atoms. The molecule has 0 aromatic heterocycles. The van der Waals surface area contributed by atoms with Crippen LogP contribution in [-0.2, 0) is 11.2 Å². The minimum absolute atomic E-state index is 0. The lowest BCUT2D eigenvalue weighted by Crippen LogP contribution is -2.03. The second kappa shape index (κ2) is 8.21. The zero-order valence-corrected chi connectivity index (χ0v) is 12.5. The van der Waals surface area contributed by atoms with Gasteiger partial charge >= 0.3 is 0 Å². The molecule has 2 aromatic rings. The van der Waals surface area contributed by atoms with E-state index in [1.54, 1.807) is 7.11 Å². The first-order valence-corrected chi connectivity index (χ1v) is 6.49. The van der Waals surface area contributed by atoms with Crippen LogP contribution < -0.4 is 0 Å². The summed E-state index contributed by atoms with van der Waals surface area (Å²) in [6.07, 6.45) is 2.12. The Hall–Kier alpha value is -1.02. The number of benzene rings is 2. The quantitative estimate of drug-likeness (QED) is 0.747. The third kappa shape index (κ3) is 4.87. The molecule has 2 rings (SSSR count). The molecule has 1 unspecified atom stereocenters. The molecular weight excluding hydrogens is 279 g/mol. The highest BCUT2D eigenvalue weighted by molar-refractivity contribution is 6.30. The number of ether oxygens (including phenoxy) is 1. The summed E-state index contributed by atoms with van der Waals surface area (Å²) in [4.78, 5) is 0. The number of methoxy groups -OCH3 is 1. The molecule has 0 heterocycles. The van der Waals surface area contributed by atoms with E-state index < -0.39 is 0 Å². The number of aryl methyl sites for hydroxylation is 1. The maximum absolute atomic E-state index is 5.87. The Balaban J connectivity index is 0.00000180. The van der Waals surface area contributed by atoms with Gasteiger partial charge < -0.3 is 4.74 Å². The lowest BCUT2D eigenvalue weighted by molar-refractivity contribution is 0.0959. The van der Waals surface area contributed by atoms with Crippen LogP contribution in [0, 0.1) is 0 Å². The third-order valence-corrected chi connectivity index (χ3v) is 3.32. The van der Waals surface area contributed by atoms with E-state index >= 15 is 0 Å². The van der Waals surface area contributed by atoms with E-state index in [1.807, 2.05) is 30.3 Å². The van der Waals surface area contributed by atoms with E-state index in [-0.39, 0.29) is 18.5 Å². The molecule has 0 saturated carbocycles. The van der Waals surface area contributed by atoms with Gasteiger partial charge in [-0.2, -0.15) is 0 Å². The zero-order valence-electron chi connectivity index (χ0n) is 10.9. The average Bonchev–Trinajstić information content (AvgIpc) is 2.43. The molecular formula is C16H18Cl2O. The highest BCUT2D eigenvalue weighted by atomic mass is 35.5. The maximum Gasteiger partial charge on any atom is 0.0824 e. The first-order chi connectivity index (χ1) is 8.79. The van der Waals surface area contributed by atoms with Crippen molar-refractivity contribution in [3.8, 4) is 0 Å². The standard InChI is InChI=1S/C16H17ClO.ClH/c1-18-16(14-5-3-2-4-6-14)12-9-13-7-10-15(17)11-8-13;/h2-8,10-11,16H,9,12H2,1H3;1H. The fourth-order valence-electron chi connectivity index (χ4n) is 2.04.